The molecule has 9 heteroatoms. The van der Waals surface area contributed by atoms with E-state index in [1.54, 1.807) is 25.4 Å². The number of aliphatic imine (C=N–C) groups is 1. The van der Waals surface area contributed by atoms with Crippen molar-refractivity contribution in [1.29, 1.82) is 0 Å². The number of halogens is 2. The topological polar surface area (TPSA) is 68.2 Å². The van der Waals surface area contributed by atoms with Gasteiger partial charge in [0, 0.05) is 52.2 Å². The highest BCUT2D eigenvalue weighted by atomic mass is 127. The summed E-state index contributed by atoms with van der Waals surface area (Å²) < 4.78 is 29.8. The van der Waals surface area contributed by atoms with Crippen molar-refractivity contribution in [3.05, 3.63) is 54.0 Å². The average molecular weight is 572 g/mol. The minimum Gasteiger partial charge on any atom is -0.439 e. The van der Waals surface area contributed by atoms with Crippen LogP contribution in [0.2, 0.25) is 0 Å². The van der Waals surface area contributed by atoms with Crippen molar-refractivity contribution >= 4 is 29.9 Å². The van der Waals surface area contributed by atoms with Gasteiger partial charge in [-0.15, -0.1) is 24.0 Å². The van der Waals surface area contributed by atoms with Crippen molar-refractivity contribution < 1.29 is 18.6 Å². The highest BCUT2D eigenvalue weighted by molar-refractivity contribution is 14.0. The fourth-order valence-electron chi connectivity index (χ4n) is 3.51. The van der Waals surface area contributed by atoms with Crippen LogP contribution in [-0.2, 0) is 16.0 Å². The maximum atomic E-state index is 13.1. The van der Waals surface area contributed by atoms with E-state index in [4.69, 9.17) is 19.2 Å². The number of methoxy groups -OCH3 is 1. The van der Waals surface area contributed by atoms with Gasteiger partial charge in [0.05, 0.1) is 12.6 Å². The lowest BCUT2D eigenvalue weighted by molar-refractivity contribution is 0.00990. The zero-order valence-electron chi connectivity index (χ0n) is 19.3. The van der Waals surface area contributed by atoms with E-state index in [1.165, 1.54) is 12.1 Å². The molecule has 0 aliphatic carbocycles. The smallest absolute Gasteiger partial charge is 0.219 e. The second kappa shape index (κ2) is 15.0. The van der Waals surface area contributed by atoms with Crippen LogP contribution in [0, 0.1) is 5.82 Å². The molecular formula is C24H34FIN4O3. The number of nitrogens with zero attached hydrogens (tertiary/aromatic N) is 3. The molecule has 0 unspecified atom stereocenters. The number of guanidine groups is 1. The Balaban J connectivity index is 0.00000385. The number of nitrogens with one attached hydrogen (secondary N) is 1. The number of piperidine rings is 1. The molecule has 2 heterocycles. The monoisotopic (exact) mass is 572 g/mol. The summed E-state index contributed by atoms with van der Waals surface area (Å²) in [6.45, 7) is 6.70. The summed E-state index contributed by atoms with van der Waals surface area (Å²) in [5.74, 6) is 1.61. The van der Waals surface area contributed by atoms with Crippen LogP contribution in [0.5, 0.6) is 11.6 Å². The Kier molecular flexibility index (Phi) is 12.4. The van der Waals surface area contributed by atoms with Gasteiger partial charge >= 0.3 is 0 Å². The van der Waals surface area contributed by atoms with Crippen molar-refractivity contribution in [3.63, 3.8) is 0 Å². The molecule has 182 valence electrons. The molecule has 0 saturated carbocycles. The molecule has 1 aliphatic rings. The molecule has 1 aliphatic heterocycles. The van der Waals surface area contributed by atoms with Crippen molar-refractivity contribution in [1.82, 2.24) is 15.2 Å². The highest BCUT2D eigenvalue weighted by Crippen LogP contribution is 2.21. The Morgan fingerprint density at radius 2 is 1.94 bits per heavy atom. The van der Waals surface area contributed by atoms with Crippen LogP contribution in [0.15, 0.2) is 47.6 Å². The summed E-state index contributed by atoms with van der Waals surface area (Å²) >= 11 is 0. The van der Waals surface area contributed by atoms with E-state index in [0.29, 0.717) is 24.3 Å². The lowest BCUT2D eigenvalue weighted by atomic mass is 10.1. The fraction of sp³-hybridized carbons (Fsp3) is 0.500. The third-order valence-electron chi connectivity index (χ3n) is 5.17. The lowest BCUT2D eigenvalue weighted by Crippen LogP contribution is -2.47. The number of hydrogen-bond acceptors (Lipinski definition) is 5. The summed E-state index contributed by atoms with van der Waals surface area (Å²) in [6, 6.07) is 9.66. The molecule has 0 spiro atoms. The minimum atomic E-state index is -0.300. The minimum absolute atomic E-state index is 0. The van der Waals surface area contributed by atoms with Gasteiger partial charge in [0.25, 0.3) is 0 Å². The second-order valence-corrected chi connectivity index (χ2v) is 7.63. The van der Waals surface area contributed by atoms with E-state index in [1.807, 2.05) is 12.1 Å². The van der Waals surface area contributed by atoms with Gasteiger partial charge in [-0.1, -0.05) is 0 Å². The van der Waals surface area contributed by atoms with Gasteiger partial charge in [0.2, 0.25) is 5.88 Å². The number of aromatic nitrogens is 1. The van der Waals surface area contributed by atoms with Gasteiger partial charge in [-0.3, -0.25) is 0 Å². The predicted molar refractivity (Wildman–Crippen MR) is 138 cm³/mol. The molecule has 1 N–H and O–H groups in total. The molecule has 2 aromatic rings. The summed E-state index contributed by atoms with van der Waals surface area (Å²) in [5, 5.41) is 3.39. The highest BCUT2D eigenvalue weighted by Gasteiger charge is 2.21. The van der Waals surface area contributed by atoms with Crippen LogP contribution in [-0.4, -0.2) is 61.9 Å². The predicted octanol–water partition coefficient (Wildman–Crippen LogP) is 4.61. The van der Waals surface area contributed by atoms with Crippen LogP contribution >= 0.6 is 24.0 Å². The van der Waals surface area contributed by atoms with Crippen LogP contribution in [0.3, 0.4) is 0 Å². The zero-order chi connectivity index (χ0) is 22.6. The third-order valence-corrected chi connectivity index (χ3v) is 5.17. The standard InChI is InChI=1S/C24H33FN4O3.HI/c1-3-26-24(29-13-10-21(11-14-29)31-16-4-15-30-2)28-18-19-9-12-27-23(17-19)32-22-7-5-20(25)6-8-22;/h5-9,12,17,21H,3-4,10-11,13-16,18H2,1-2H3,(H,26,28);1H. The third kappa shape index (κ3) is 9.42. The SMILES string of the molecule is CCNC(=NCc1ccnc(Oc2ccc(F)cc2)c1)N1CCC(OCCCOC)CC1.I. The summed E-state index contributed by atoms with van der Waals surface area (Å²) in [4.78, 5) is 11.3. The van der Waals surface area contributed by atoms with Gasteiger partial charge in [0.1, 0.15) is 11.6 Å². The van der Waals surface area contributed by atoms with E-state index in [2.05, 4.69) is 22.1 Å². The maximum absolute atomic E-state index is 13.1. The first-order chi connectivity index (χ1) is 15.7. The molecule has 33 heavy (non-hydrogen) atoms. The maximum Gasteiger partial charge on any atom is 0.219 e. The van der Waals surface area contributed by atoms with E-state index >= 15 is 0 Å². The first-order valence-electron chi connectivity index (χ1n) is 11.2. The molecule has 1 saturated heterocycles. The van der Waals surface area contributed by atoms with E-state index < -0.39 is 0 Å². The first-order valence-corrected chi connectivity index (χ1v) is 11.2. The van der Waals surface area contributed by atoms with E-state index in [0.717, 1.165) is 63.6 Å². The summed E-state index contributed by atoms with van der Waals surface area (Å²) in [7, 11) is 1.71. The van der Waals surface area contributed by atoms with Gasteiger partial charge in [-0.2, -0.15) is 0 Å². The molecule has 0 amide bonds. The molecule has 1 aromatic heterocycles. The Bertz CT molecular complexity index is 846. The van der Waals surface area contributed by atoms with Crippen LogP contribution in [0.1, 0.15) is 31.7 Å². The number of likely N-dealkylation sites (tertiary alicyclic amines) is 1. The van der Waals surface area contributed by atoms with E-state index in [-0.39, 0.29) is 29.8 Å². The van der Waals surface area contributed by atoms with Crippen molar-refractivity contribution in [3.8, 4) is 11.6 Å². The second-order valence-electron chi connectivity index (χ2n) is 7.63. The normalized spacial score (nSPS) is 14.6. The van der Waals surface area contributed by atoms with Crippen molar-refractivity contribution in [2.75, 3.05) is 40.0 Å². The Morgan fingerprint density at radius 1 is 1.18 bits per heavy atom. The molecule has 1 aromatic carbocycles. The van der Waals surface area contributed by atoms with Gasteiger partial charge in [0.15, 0.2) is 5.96 Å². The Hall–Kier alpha value is -1.98. The van der Waals surface area contributed by atoms with Crippen molar-refractivity contribution in [2.24, 2.45) is 4.99 Å². The molecule has 7 nitrogen and oxygen atoms in total. The zero-order valence-corrected chi connectivity index (χ0v) is 21.7. The van der Waals surface area contributed by atoms with Crippen LogP contribution in [0.4, 0.5) is 4.39 Å². The number of hydrogen-bond donors (Lipinski definition) is 1. The molecule has 0 bridgehead atoms. The summed E-state index contributed by atoms with van der Waals surface area (Å²) in [5.41, 5.74) is 0.990. The number of rotatable bonds is 10. The molecular weight excluding hydrogens is 538 g/mol. The van der Waals surface area contributed by atoms with Crippen LogP contribution < -0.4 is 10.1 Å². The van der Waals surface area contributed by atoms with Gasteiger partial charge < -0.3 is 24.4 Å². The van der Waals surface area contributed by atoms with E-state index in [9.17, 15) is 4.39 Å². The molecule has 0 radical (unpaired) electrons. The van der Waals surface area contributed by atoms with Crippen molar-refractivity contribution in [2.45, 2.75) is 38.8 Å². The number of ether oxygens (including phenoxy) is 3. The number of benzene rings is 1. The average Bonchev–Trinajstić information content (AvgIpc) is 2.82. The molecule has 3 rings (SSSR count). The molecule has 0 atom stereocenters. The number of pyridine rings is 1. The van der Waals surface area contributed by atoms with Crippen LogP contribution in [0.25, 0.3) is 0 Å². The Morgan fingerprint density at radius 3 is 2.64 bits per heavy atom. The first kappa shape index (κ1) is 27.3. The quantitative estimate of drug-likeness (QED) is 0.194. The van der Waals surface area contributed by atoms with Gasteiger partial charge in [-0.05, 0) is 62.1 Å². The molecule has 1 fully saturated rings. The Labute approximate surface area is 212 Å². The lowest BCUT2D eigenvalue weighted by Gasteiger charge is -2.34. The fourth-order valence-corrected chi connectivity index (χ4v) is 3.51. The largest absolute Gasteiger partial charge is 0.439 e. The summed E-state index contributed by atoms with van der Waals surface area (Å²) in [6.07, 6.45) is 4.91. The van der Waals surface area contributed by atoms with Gasteiger partial charge in [-0.25, -0.2) is 14.4 Å².